The van der Waals surface area contributed by atoms with Crippen LogP contribution in [0.4, 0.5) is 0 Å². The van der Waals surface area contributed by atoms with E-state index in [0.29, 0.717) is 5.41 Å². The Hall–Kier alpha value is -0.820. The standard InChI is InChI=1S/C12H15N/c1-9-2-4-10(5-3-9)12-6-11(12)7-13-8-12/h2-5,11,13H,6-8H2,1H3/t11?,12-/m1/s1. The van der Waals surface area contributed by atoms with E-state index in [0.717, 1.165) is 5.92 Å². The van der Waals surface area contributed by atoms with Crippen LogP contribution >= 0.6 is 0 Å². The molecule has 1 saturated heterocycles. The summed E-state index contributed by atoms with van der Waals surface area (Å²) in [5.41, 5.74) is 3.45. The molecule has 1 aromatic carbocycles. The number of benzene rings is 1. The lowest BCUT2D eigenvalue weighted by atomic mass is 9.94. The Labute approximate surface area is 79.2 Å². The SMILES string of the molecule is Cc1ccc([C@@]23CNCC2C3)cc1. The van der Waals surface area contributed by atoms with Crippen LogP contribution in [0.1, 0.15) is 17.5 Å². The molecule has 0 aromatic heterocycles. The average Bonchev–Trinajstić information content (AvgIpc) is 2.71. The van der Waals surface area contributed by atoms with Crippen LogP contribution in [0.5, 0.6) is 0 Å². The van der Waals surface area contributed by atoms with Gasteiger partial charge in [0.1, 0.15) is 0 Å². The number of nitrogens with one attached hydrogen (secondary N) is 1. The number of fused-ring (bicyclic) bond motifs is 1. The summed E-state index contributed by atoms with van der Waals surface area (Å²) >= 11 is 0. The molecule has 3 rings (SSSR count). The first-order valence-electron chi connectivity index (χ1n) is 5.09. The Balaban J connectivity index is 1.97. The van der Waals surface area contributed by atoms with Crippen molar-refractivity contribution in [1.82, 2.24) is 5.32 Å². The van der Waals surface area contributed by atoms with Crippen molar-refractivity contribution in [3.63, 3.8) is 0 Å². The van der Waals surface area contributed by atoms with Gasteiger partial charge < -0.3 is 5.32 Å². The van der Waals surface area contributed by atoms with Gasteiger partial charge in [-0.05, 0) is 31.4 Å². The highest BCUT2D eigenvalue weighted by Crippen LogP contribution is 2.56. The number of hydrogen-bond acceptors (Lipinski definition) is 1. The molecule has 13 heavy (non-hydrogen) atoms. The van der Waals surface area contributed by atoms with Gasteiger partial charge >= 0.3 is 0 Å². The molecule has 0 bridgehead atoms. The number of piperidine rings is 1. The molecule has 1 aliphatic carbocycles. The second-order valence-electron chi connectivity index (χ2n) is 4.55. The molecule has 0 radical (unpaired) electrons. The zero-order valence-electron chi connectivity index (χ0n) is 8.01. The summed E-state index contributed by atoms with van der Waals surface area (Å²) in [6.45, 7) is 4.58. The number of aryl methyl sites for hydroxylation is 1. The minimum Gasteiger partial charge on any atom is -0.316 e. The maximum Gasteiger partial charge on any atom is 0.0122 e. The first-order chi connectivity index (χ1) is 6.31. The van der Waals surface area contributed by atoms with E-state index in [-0.39, 0.29) is 0 Å². The molecular weight excluding hydrogens is 158 g/mol. The van der Waals surface area contributed by atoms with Gasteiger partial charge in [-0.3, -0.25) is 0 Å². The first kappa shape index (κ1) is 7.57. The van der Waals surface area contributed by atoms with Crippen molar-refractivity contribution in [2.75, 3.05) is 13.1 Å². The first-order valence-corrected chi connectivity index (χ1v) is 5.09. The molecular formula is C12H15N. The van der Waals surface area contributed by atoms with Gasteiger partial charge in [-0.25, -0.2) is 0 Å². The van der Waals surface area contributed by atoms with Crippen LogP contribution in [0.2, 0.25) is 0 Å². The van der Waals surface area contributed by atoms with E-state index in [1.54, 1.807) is 5.56 Å². The van der Waals surface area contributed by atoms with Gasteiger partial charge in [0.15, 0.2) is 0 Å². The predicted molar refractivity (Wildman–Crippen MR) is 53.8 cm³/mol. The Kier molecular flexibility index (Phi) is 1.37. The minimum absolute atomic E-state index is 0.535. The zero-order valence-corrected chi connectivity index (χ0v) is 8.01. The van der Waals surface area contributed by atoms with E-state index in [1.165, 1.54) is 25.1 Å². The van der Waals surface area contributed by atoms with Gasteiger partial charge in [0, 0.05) is 12.0 Å². The van der Waals surface area contributed by atoms with E-state index in [1.807, 2.05) is 0 Å². The fourth-order valence-electron chi connectivity index (χ4n) is 2.68. The topological polar surface area (TPSA) is 12.0 Å². The monoisotopic (exact) mass is 173 g/mol. The minimum atomic E-state index is 0.535. The van der Waals surface area contributed by atoms with Crippen molar-refractivity contribution in [1.29, 1.82) is 0 Å². The Morgan fingerprint density at radius 1 is 1.31 bits per heavy atom. The van der Waals surface area contributed by atoms with Crippen molar-refractivity contribution in [3.05, 3.63) is 35.4 Å². The maximum atomic E-state index is 3.48. The summed E-state index contributed by atoms with van der Waals surface area (Å²) < 4.78 is 0. The van der Waals surface area contributed by atoms with E-state index >= 15 is 0 Å². The molecule has 1 heterocycles. The molecule has 2 fully saturated rings. The van der Waals surface area contributed by atoms with Gasteiger partial charge in [-0.1, -0.05) is 29.8 Å². The molecule has 1 aromatic rings. The Morgan fingerprint density at radius 3 is 2.62 bits per heavy atom. The molecule has 68 valence electrons. The van der Waals surface area contributed by atoms with Crippen LogP contribution in [0.25, 0.3) is 0 Å². The highest BCUT2D eigenvalue weighted by molar-refractivity contribution is 5.38. The van der Waals surface area contributed by atoms with Gasteiger partial charge in [0.25, 0.3) is 0 Å². The fraction of sp³-hybridized carbons (Fsp3) is 0.500. The third-order valence-electron chi connectivity index (χ3n) is 3.69. The normalized spacial score (nSPS) is 35.9. The molecule has 0 amide bonds. The molecule has 1 N–H and O–H groups in total. The third kappa shape index (κ3) is 0.969. The van der Waals surface area contributed by atoms with Crippen molar-refractivity contribution >= 4 is 0 Å². The summed E-state index contributed by atoms with van der Waals surface area (Å²) in [6.07, 6.45) is 1.41. The molecule has 2 aliphatic rings. The van der Waals surface area contributed by atoms with Crippen LogP contribution in [0.15, 0.2) is 24.3 Å². The van der Waals surface area contributed by atoms with Gasteiger partial charge in [-0.2, -0.15) is 0 Å². The maximum absolute atomic E-state index is 3.48. The van der Waals surface area contributed by atoms with E-state index < -0.39 is 0 Å². The summed E-state index contributed by atoms with van der Waals surface area (Å²) in [5, 5.41) is 3.48. The lowest BCUT2D eigenvalue weighted by Crippen LogP contribution is -2.19. The summed E-state index contributed by atoms with van der Waals surface area (Å²) in [6, 6.07) is 9.08. The van der Waals surface area contributed by atoms with Crippen molar-refractivity contribution in [3.8, 4) is 0 Å². The molecule has 1 unspecified atom stereocenters. The van der Waals surface area contributed by atoms with E-state index in [9.17, 15) is 0 Å². The van der Waals surface area contributed by atoms with Crippen LogP contribution in [-0.2, 0) is 5.41 Å². The highest BCUT2D eigenvalue weighted by atomic mass is 15.0. The largest absolute Gasteiger partial charge is 0.316 e. The summed E-state index contributed by atoms with van der Waals surface area (Å²) in [4.78, 5) is 0. The van der Waals surface area contributed by atoms with Gasteiger partial charge in [-0.15, -0.1) is 0 Å². The Morgan fingerprint density at radius 2 is 2.08 bits per heavy atom. The van der Waals surface area contributed by atoms with Crippen molar-refractivity contribution in [2.45, 2.75) is 18.8 Å². The molecule has 1 aliphatic heterocycles. The van der Waals surface area contributed by atoms with Crippen LogP contribution in [0.3, 0.4) is 0 Å². The Bertz CT molecular complexity index is 327. The zero-order chi connectivity index (χ0) is 8.89. The third-order valence-corrected chi connectivity index (χ3v) is 3.69. The summed E-state index contributed by atoms with van der Waals surface area (Å²) in [7, 11) is 0. The molecule has 1 heteroatoms. The quantitative estimate of drug-likeness (QED) is 0.683. The summed E-state index contributed by atoms with van der Waals surface area (Å²) in [5.74, 6) is 0.926. The van der Waals surface area contributed by atoms with Gasteiger partial charge in [0.2, 0.25) is 0 Å². The predicted octanol–water partition coefficient (Wildman–Crippen LogP) is 1.86. The number of hydrogen-bond donors (Lipinski definition) is 1. The van der Waals surface area contributed by atoms with Gasteiger partial charge in [0.05, 0.1) is 0 Å². The molecule has 0 spiro atoms. The second kappa shape index (κ2) is 2.36. The van der Waals surface area contributed by atoms with Crippen molar-refractivity contribution < 1.29 is 0 Å². The van der Waals surface area contributed by atoms with E-state index in [4.69, 9.17) is 0 Å². The molecule has 2 atom stereocenters. The smallest absolute Gasteiger partial charge is 0.0122 e. The highest BCUT2D eigenvalue weighted by Gasteiger charge is 2.57. The second-order valence-corrected chi connectivity index (χ2v) is 4.55. The average molecular weight is 173 g/mol. The lowest BCUT2D eigenvalue weighted by molar-refractivity contribution is 0.675. The fourth-order valence-corrected chi connectivity index (χ4v) is 2.68. The van der Waals surface area contributed by atoms with E-state index in [2.05, 4.69) is 36.5 Å². The van der Waals surface area contributed by atoms with Crippen molar-refractivity contribution in [2.24, 2.45) is 5.92 Å². The van der Waals surface area contributed by atoms with Crippen LogP contribution < -0.4 is 5.32 Å². The van der Waals surface area contributed by atoms with Crippen LogP contribution in [-0.4, -0.2) is 13.1 Å². The lowest BCUT2D eigenvalue weighted by Gasteiger charge is -2.11. The molecule has 1 nitrogen and oxygen atoms in total. The van der Waals surface area contributed by atoms with Crippen LogP contribution in [0, 0.1) is 12.8 Å². The number of rotatable bonds is 1. The molecule has 1 saturated carbocycles.